The number of aromatic nitrogens is 2. The number of imidazole rings is 1. The van der Waals surface area contributed by atoms with Crippen LogP contribution in [0, 0.1) is 5.92 Å². The molecule has 0 aliphatic rings. The third-order valence-electron chi connectivity index (χ3n) is 4.40. The molecule has 1 aromatic rings. The molecule has 0 saturated carbocycles. The quantitative estimate of drug-likeness (QED) is 0.182. The van der Waals surface area contributed by atoms with E-state index in [-0.39, 0.29) is 12.3 Å². The van der Waals surface area contributed by atoms with Gasteiger partial charge in [-0.2, -0.15) is 0 Å². The number of carboxylic acid groups (broad SMARTS) is 1. The number of hydrogen-bond acceptors (Lipinski definition) is 7. The van der Waals surface area contributed by atoms with Crippen LogP contribution in [0.2, 0.25) is 0 Å². The molecule has 1 heterocycles. The smallest absolute Gasteiger partial charge is 0.325 e. The van der Waals surface area contributed by atoms with Crippen LogP contribution in [0.25, 0.3) is 0 Å². The summed E-state index contributed by atoms with van der Waals surface area (Å²) >= 11 is 0. The number of nitrogens with zero attached hydrogens (tertiary/aromatic N) is 1. The van der Waals surface area contributed by atoms with Crippen molar-refractivity contribution in [3.8, 4) is 0 Å². The molecule has 13 heteroatoms. The van der Waals surface area contributed by atoms with Gasteiger partial charge in [-0.15, -0.1) is 0 Å². The molecule has 9 N–H and O–H groups in total. The minimum absolute atomic E-state index is 0.00116. The zero-order valence-electron chi connectivity index (χ0n) is 17.5. The Kier molecular flexibility index (Phi) is 9.60. The number of aliphatic carboxylic acids is 1. The maximum absolute atomic E-state index is 12.9. The largest absolute Gasteiger partial charge is 0.480 e. The zero-order chi connectivity index (χ0) is 23.7. The van der Waals surface area contributed by atoms with E-state index >= 15 is 0 Å². The van der Waals surface area contributed by atoms with Crippen LogP contribution in [-0.2, 0) is 30.4 Å². The van der Waals surface area contributed by atoms with Crippen molar-refractivity contribution in [2.24, 2.45) is 17.4 Å². The predicted molar refractivity (Wildman–Crippen MR) is 108 cm³/mol. The van der Waals surface area contributed by atoms with Crippen LogP contribution < -0.4 is 27.4 Å². The summed E-state index contributed by atoms with van der Waals surface area (Å²) in [5.41, 5.74) is 11.5. The Morgan fingerprint density at radius 2 is 1.61 bits per heavy atom. The minimum Gasteiger partial charge on any atom is -0.480 e. The number of carbonyl (C=O) groups is 5. The molecule has 4 unspecified atom stereocenters. The topological polar surface area (TPSA) is 222 Å². The first-order valence-electron chi connectivity index (χ1n) is 9.57. The normalized spacial score (nSPS) is 14.7. The first-order valence-corrected chi connectivity index (χ1v) is 9.57. The Bertz CT molecular complexity index is 795. The van der Waals surface area contributed by atoms with E-state index < -0.39 is 60.2 Å². The Hall–Kier alpha value is -3.48. The third kappa shape index (κ3) is 8.42. The number of nitrogens with two attached hydrogens (primary N) is 2. The second kappa shape index (κ2) is 11.6. The van der Waals surface area contributed by atoms with Gasteiger partial charge in [0.1, 0.15) is 18.1 Å². The summed E-state index contributed by atoms with van der Waals surface area (Å²) in [5, 5.41) is 16.0. The van der Waals surface area contributed by atoms with Crippen LogP contribution in [0.5, 0.6) is 0 Å². The van der Waals surface area contributed by atoms with Gasteiger partial charge in [0.05, 0.1) is 18.8 Å². The maximum atomic E-state index is 12.9. The summed E-state index contributed by atoms with van der Waals surface area (Å²) in [6.45, 7) is 4.70. The Morgan fingerprint density at radius 1 is 1.03 bits per heavy atom. The molecule has 0 spiro atoms. The number of nitrogens with one attached hydrogen (secondary N) is 4. The minimum atomic E-state index is -1.44. The molecule has 0 saturated heterocycles. The molecule has 1 aromatic heterocycles. The fraction of sp³-hybridized carbons (Fsp3) is 0.556. The number of primary amides is 1. The molecular weight excluding hydrogens is 410 g/mol. The van der Waals surface area contributed by atoms with Crippen LogP contribution >= 0.6 is 0 Å². The van der Waals surface area contributed by atoms with Crippen molar-refractivity contribution in [1.82, 2.24) is 25.9 Å². The van der Waals surface area contributed by atoms with E-state index in [1.165, 1.54) is 19.4 Å². The molecule has 0 bridgehead atoms. The van der Waals surface area contributed by atoms with Crippen molar-refractivity contribution in [2.45, 2.75) is 57.8 Å². The lowest BCUT2D eigenvalue weighted by Crippen LogP contribution is -2.58. The Balaban J connectivity index is 3.01. The predicted octanol–water partition coefficient (Wildman–Crippen LogP) is -2.63. The second-order valence-corrected chi connectivity index (χ2v) is 7.41. The fourth-order valence-corrected chi connectivity index (χ4v) is 2.45. The van der Waals surface area contributed by atoms with Crippen molar-refractivity contribution < 1.29 is 29.1 Å². The zero-order valence-corrected chi connectivity index (χ0v) is 17.5. The van der Waals surface area contributed by atoms with Gasteiger partial charge in [-0.1, -0.05) is 13.8 Å². The SMILES string of the molecule is CC(NC(=O)C(CC(N)=O)NC(=O)C(Cc1cnc[nH]1)NC(=O)C(N)C(C)C)C(=O)O. The highest BCUT2D eigenvalue weighted by atomic mass is 16.4. The van der Waals surface area contributed by atoms with Gasteiger partial charge in [-0.05, 0) is 12.8 Å². The van der Waals surface area contributed by atoms with Crippen LogP contribution in [-0.4, -0.2) is 68.8 Å². The number of hydrogen-bond donors (Lipinski definition) is 7. The number of carbonyl (C=O) groups excluding carboxylic acids is 4. The maximum Gasteiger partial charge on any atom is 0.325 e. The van der Waals surface area contributed by atoms with E-state index in [0.717, 1.165) is 0 Å². The second-order valence-electron chi connectivity index (χ2n) is 7.41. The number of carboxylic acids is 1. The number of aromatic amines is 1. The molecular formula is C18H29N7O6. The molecule has 0 aliphatic carbocycles. The molecule has 172 valence electrons. The molecule has 0 fully saturated rings. The van der Waals surface area contributed by atoms with E-state index in [0.29, 0.717) is 5.69 Å². The lowest BCUT2D eigenvalue weighted by Gasteiger charge is -2.24. The molecule has 1 rings (SSSR count). The van der Waals surface area contributed by atoms with Crippen LogP contribution in [0.3, 0.4) is 0 Å². The highest BCUT2D eigenvalue weighted by Gasteiger charge is 2.31. The van der Waals surface area contributed by atoms with E-state index in [9.17, 15) is 24.0 Å². The average Bonchev–Trinajstić information content (AvgIpc) is 3.18. The molecule has 4 atom stereocenters. The third-order valence-corrected chi connectivity index (χ3v) is 4.40. The van der Waals surface area contributed by atoms with Gasteiger partial charge >= 0.3 is 5.97 Å². The molecule has 0 aliphatic heterocycles. The summed E-state index contributed by atoms with van der Waals surface area (Å²) < 4.78 is 0. The Morgan fingerprint density at radius 3 is 2.10 bits per heavy atom. The average molecular weight is 439 g/mol. The summed E-state index contributed by atoms with van der Waals surface area (Å²) in [7, 11) is 0. The van der Waals surface area contributed by atoms with E-state index in [1.807, 2.05) is 0 Å². The standard InChI is InChI=1S/C18H29N7O6/c1-8(2)14(20)17(29)25-11(4-10-6-21-7-22-10)16(28)24-12(5-13(19)26)15(27)23-9(3)18(30)31/h6-9,11-12,14H,4-5,20H2,1-3H3,(H2,19,26)(H,21,22)(H,23,27)(H,24,28)(H,25,29)(H,30,31). The molecule has 0 radical (unpaired) electrons. The van der Waals surface area contributed by atoms with Crippen molar-refractivity contribution in [1.29, 1.82) is 0 Å². The number of H-pyrrole nitrogens is 1. The van der Waals surface area contributed by atoms with Crippen molar-refractivity contribution in [3.05, 3.63) is 18.2 Å². The highest BCUT2D eigenvalue weighted by Crippen LogP contribution is 2.04. The summed E-state index contributed by atoms with van der Waals surface area (Å²) in [6.07, 6.45) is 2.28. The van der Waals surface area contributed by atoms with Gasteiger partial charge in [0, 0.05) is 18.3 Å². The molecule has 31 heavy (non-hydrogen) atoms. The van der Waals surface area contributed by atoms with Gasteiger partial charge in [0.15, 0.2) is 0 Å². The lowest BCUT2D eigenvalue weighted by molar-refractivity contribution is -0.142. The summed E-state index contributed by atoms with van der Waals surface area (Å²) in [4.78, 5) is 66.6. The fourth-order valence-electron chi connectivity index (χ4n) is 2.45. The van der Waals surface area contributed by atoms with Crippen molar-refractivity contribution >= 4 is 29.6 Å². The van der Waals surface area contributed by atoms with Crippen LogP contribution in [0.1, 0.15) is 32.9 Å². The van der Waals surface area contributed by atoms with E-state index in [4.69, 9.17) is 16.6 Å². The first kappa shape index (κ1) is 25.6. The lowest BCUT2D eigenvalue weighted by atomic mass is 10.0. The molecule has 0 aromatic carbocycles. The highest BCUT2D eigenvalue weighted by molar-refractivity contribution is 5.96. The summed E-state index contributed by atoms with van der Waals surface area (Å²) in [5.74, 6) is -4.66. The molecule has 13 nitrogen and oxygen atoms in total. The van der Waals surface area contributed by atoms with E-state index in [1.54, 1.807) is 13.8 Å². The van der Waals surface area contributed by atoms with Crippen LogP contribution in [0.15, 0.2) is 12.5 Å². The van der Waals surface area contributed by atoms with Crippen LogP contribution in [0.4, 0.5) is 0 Å². The van der Waals surface area contributed by atoms with Gasteiger partial charge < -0.3 is 37.5 Å². The number of rotatable bonds is 12. The van der Waals surface area contributed by atoms with E-state index in [2.05, 4.69) is 25.9 Å². The van der Waals surface area contributed by atoms with Gasteiger partial charge in [0.2, 0.25) is 23.6 Å². The number of amides is 4. The first-order chi connectivity index (χ1) is 14.4. The van der Waals surface area contributed by atoms with Crippen molar-refractivity contribution in [3.63, 3.8) is 0 Å². The summed E-state index contributed by atoms with van der Waals surface area (Å²) in [6, 6.07) is -4.73. The van der Waals surface area contributed by atoms with Gasteiger partial charge in [0.25, 0.3) is 0 Å². The van der Waals surface area contributed by atoms with Gasteiger partial charge in [-0.3, -0.25) is 24.0 Å². The van der Waals surface area contributed by atoms with Gasteiger partial charge in [-0.25, -0.2) is 4.98 Å². The Labute approximate surface area is 178 Å². The molecule has 4 amide bonds. The van der Waals surface area contributed by atoms with Crippen molar-refractivity contribution in [2.75, 3.05) is 0 Å². The monoisotopic (exact) mass is 439 g/mol.